The van der Waals surface area contributed by atoms with E-state index in [9.17, 15) is 0 Å². The molecule has 1 aromatic carbocycles. The number of methoxy groups -OCH3 is 1. The van der Waals surface area contributed by atoms with E-state index in [1.807, 2.05) is 12.1 Å². The SMILES string of the molecule is COC(C)(C)CCOCC(N)c1cccc(C)c1. The first-order valence-electron chi connectivity index (χ1n) is 6.39. The molecular weight excluding hydrogens is 226 g/mol. The van der Waals surface area contributed by atoms with Crippen molar-refractivity contribution in [1.29, 1.82) is 0 Å². The molecule has 0 radical (unpaired) electrons. The van der Waals surface area contributed by atoms with Gasteiger partial charge in [0.15, 0.2) is 0 Å². The molecule has 0 aliphatic carbocycles. The summed E-state index contributed by atoms with van der Waals surface area (Å²) in [7, 11) is 1.72. The van der Waals surface area contributed by atoms with Crippen LogP contribution >= 0.6 is 0 Å². The molecule has 0 aliphatic heterocycles. The molecule has 102 valence electrons. The Hall–Kier alpha value is -0.900. The van der Waals surface area contributed by atoms with E-state index < -0.39 is 0 Å². The van der Waals surface area contributed by atoms with E-state index in [0.29, 0.717) is 13.2 Å². The lowest BCUT2D eigenvalue weighted by atomic mass is 10.1. The molecule has 0 amide bonds. The van der Waals surface area contributed by atoms with Crippen molar-refractivity contribution >= 4 is 0 Å². The Labute approximate surface area is 110 Å². The van der Waals surface area contributed by atoms with Gasteiger partial charge in [0.2, 0.25) is 0 Å². The number of ether oxygens (including phenoxy) is 2. The van der Waals surface area contributed by atoms with Crippen molar-refractivity contribution in [2.75, 3.05) is 20.3 Å². The molecule has 0 saturated heterocycles. The molecule has 1 rings (SSSR count). The predicted octanol–water partition coefficient (Wildman–Crippen LogP) is 2.83. The first-order valence-corrected chi connectivity index (χ1v) is 6.39. The van der Waals surface area contributed by atoms with E-state index in [0.717, 1.165) is 12.0 Å². The van der Waals surface area contributed by atoms with Crippen LogP contribution in [0.1, 0.15) is 37.4 Å². The molecule has 0 fully saturated rings. The molecule has 1 atom stereocenters. The minimum absolute atomic E-state index is 0.0597. The van der Waals surface area contributed by atoms with E-state index in [-0.39, 0.29) is 11.6 Å². The molecule has 2 N–H and O–H groups in total. The van der Waals surface area contributed by atoms with Gasteiger partial charge in [0.25, 0.3) is 0 Å². The van der Waals surface area contributed by atoms with Crippen LogP contribution in [0, 0.1) is 6.92 Å². The second kappa shape index (κ2) is 6.88. The molecule has 1 aromatic rings. The third-order valence-electron chi connectivity index (χ3n) is 3.17. The third kappa shape index (κ3) is 5.17. The van der Waals surface area contributed by atoms with Gasteiger partial charge < -0.3 is 15.2 Å². The molecule has 1 unspecified atom stereocenters. The Morgan fingerprint density at radius 1 is 1.33 bits per heavy atom. The first-order chi connectivity index (χ1) is 8.44. The molecule has 3 heteroatoms. The monoisotopic (exact) mass is 251 g/mol. The number of hydrogen-bond acceptors (Lipinski definition) is 3. The highest BCUT2D eigenvalue weighted by molar-refractivity contribution is 5.24. The molecule has 0 aliphatic rings. The van der Waals surface area contributed by atoms with Gasteiger partial charge in [-0.25, -0.2) is 0 Å². The van der Waals surface area contributed by atoms with Crippen LogP contribution in [0.2, 0.25) is 0 Å². The van der Waals surface area contributed by atoms with Crippen LogP contribution < -0.4 is 5.73 Å². The Kier molecular flexibility index (Phi) is 5.79. The molecule has 0 aromatic heterocycles. The fourth-order valence-electron chi connectivity index (χ4n) is 1.63. The fourth-order valence-corrected chi connectivity index (χ4v) is 1.63. The lowest BCUT2D eigenvalue weighted by Crippen LogP contribution is -2.25. The summed E-state index contributed by atoms with van der Waals surface area (Å²) in [6.45, 7) is 7.38. The van der Waals surface area contributed by atoms with Crippen LogP contribution in [0.5, 0.6) is 0 Å². The van der Waals surface area contributed by atoms with E-state index >= 15 is 0 Å². The van der Waals surface area contributed by atoms with Crippen molar-refractivity contribution in [3.63, 3.8) is 0 Å². The maximum Gasteiger partial charge on any atom is 0.0659 e. The van der Waals surface area contributed by atoms with E-state index in [1.165, 1.54) is 5.56 Å². The van der Waals surface area contributed by atoms with E-state index in [1.54, 1.807) is 7.11 Å². The highest BCUT2D eigenvalue weighted by atomic mass is 16.5. The number of rotatable bonds is 7. The summed E-state index contributed by atoms with van der Waals surface area (Å²) >= 11 is 0. The van der Waals surface area contributed by atoms with Gasteiger partial charge >= 0.3 is 0 Å². The van der Waals surface area contributed by atoms with Crippen LogP contribution in [0.3, 0.4) is 0 Å². The second-order valence-corrected chi connectivity index (χ2v) is 5.31. The van der Waals surface area contributed by atoms with Gasteiger partial charge in [-0.15, -0.1) is 0 Å². The third-order valence-corrected chi connectivity index (χ3v) is 3.17. The Bertz CT molecular complexity index is 363. The zero-order chi connectivity index (χ0) is 13.6. The highest BCUT2D eigenvalue weighted by Crippen LogP contribution is 2.15. The minimum atomic E-state index is -0.132. The summed E-state index contributed by atoms with van der Waals surface area (Å²) in [4.78, 5) is 0. The minimum Gasteiger partial charge on any atom is -0.379 e. The van der Waals surface area contributed by atoms with Crippen molar-refractivity contribution in [2.24, 2.45) is 5.73 Å². The van der Waals surface area contributed by atoms with Crippen molar-refractivity contribution in [3.8, 4) is 0 Å². The van der Waals surface area contributed by atoms with Gasteiger partial charge in [0.05, 0.1) is 18.2 Å². The van der Waals surface area contributed by atoms with Gasteiger partial charge in [-0.1, -0.05) is 29.8 Å². The number of hydrogen-bond donors (Lipinski definition) is 1. The number of aryl methyl sites for hydroxylation is 1. The summed E-state index contributed by atoms with van der Waals surface area (Å²) in [5.74, 6) is 0. The van der Waals surface area contributed by atoms with Gasteiger partial charge in [0.1, 0.15) is 0 Å². The summed E-state index contributed by atoms with van der Waals surface area (Å²) in [6.07, 6.45) is 0.865. The van der Waals surface area contributed by atoms with Crippen LogP contribution in [0.4, 0.5) is 0 Å². The average Bonchev–Trinajstić information content (AvgIpc) is 2.34. The first kappa shape index (κ1) is 15.2. The van der Waals surface area contributed by atoms with Gasteiger partial charge in [-0.2, -0.15) is 0 Å². The van der Waals surface area contributed by atoms with Crippen molar-refractivity contribution in [2.45, 2.75) is 38.8 Å². The van der Waals surface area contributed by atoms with E-state index in [4.69, 9.17) is 15.2 Å². The topological polar surface area (TPSA) is 44.5 Å². The Morgan fingerprint density at radius 3 is 2.67 bits per heavy atom. The largest absolute Gasteiger partial charge is 0.379 e. The van der Waals surface area contributed by atoms with Crippen molar-refractivity contribution < 1.29 is 9.47 Å². The normalized spacial score (nSPS) is 13.6. The Morgan fingerprint density at radius 2 is 2.06 bits per heavy atom. The standard InChI is InChI=1S/C15H25NO2/c1-12-6-5-7-13(10-12)14(16)11-18-9-8-15(2,3)17-4/h5-7,10,14H,8-9,11,16H2,1-4H3. The smallest absolute Gasteiger partial charge is 0.0659 e. The maximum atomic E-state index is 6.09. The maximum absolute atomic E-state index is 6.09. The lowest BCUT2D eigenvalue weighted by molar-refractivity contribution is -0.0113. The summed E-state index contributed by atoms with van der Waals surface area (Å²) in [6, 6.07) is 8.18. The summed E-state index contributed by atoms with van der Waals surface area (Å²) in [5, 5.41) is 0. The highest BCUT2D eigenvalue weighted by Gasteiger charge is 2.16. The molecule has 0 heterocycles. The lowest BCUT2D eigenvalue weighted by Gasteiger charge is -2.23. The van der Waals surface area contributed by atoms with Gasteiger partial charge in [-0.05, 0) is 32.8 Å². The average molecular weight is 251 g/mol. The quantitative estimate of drug-likeness (QED) is 0.758. The van der Waals surface area contributed by atoms with Crippen LogP contribution in [-0.4, -0.2) is 25.9 Å². The zero-order valence-electron chi connectivity index (χ0n) is 11.9. The summed E-state index contributed by atoms with van der Waals surface area (Å²) in [5.41, 5.74) is 8.31. The number of nitrogens with two attached hydrogens (primary N) is 1. The Balaban J connectivity index is 2.32. The van der Waals surface area contributed by atoms with Crippen molar-refractivity contribution in [3.05, 3.63) is 35.4 Å². The number of benzene rings is 1. The van der Waals surface area contributed by atoms with Gasteiger partial charge in [-0.3, -0.25) is 0 Å². The fraction of sp³-hybridized carbons (Fsp3) is 0.600. The predicted molar refractivity (Wildman–Crippen MR) is 74.6 cm³/mol. The molecule has 18 heavy (non-hydrogen) atoms. The van der Waals surface area contributed by atoms with E-state index in [2.05, 4.69) is 32.9 Å². The molecule has 3 nitrogen and oxygen atoms in total. The summed E-state index contributed by atoms with van der Waals surface area (Å²) < 4.78 is 11.0. The van der Waals surface area contributed by atoms with Crippen LogP contribution in [-0.2, 0) is 9.47 Å². The van der Waals surface area contributed by atoms with Crippen LogP contribution in [0.15, 0.2) is 24.3 Å². The molecule has 0 bridgehead atoms. The molecule has 0 spiro atoms. The van der Waals surface area contributed by atoms with Crippen molar-refractivity contribution in [1.82, 2.24) is 0 Å². The van der Waals surface area contributed by atoms with Crippen LogP contribution in [0.25, 0.3) is 0 Å². The second-order valence-electron chi connectivity index (χ2n) is 5.31. The molecule has 0 saturated carbocycles. The zero-order valence-corrected chi connectivity index (χ0v) is 11.9. The molecular formula is C15H25NO2. The van der Waals surface area contributed by atoms with Gasteiger partial charge in [0, 0.05) is 13.7 Å².